The number of thioether (sulfide) groups is 1. The fourth-order valence-electron chi connectivity index (χ4n) is 3.40. The van der Waals surface area contributed by atoms with Gasteiger partial charge in [0, 0.05) is 17.8 Å². The van der Waals surface area contributed by atoms with E-state index in [4.69, 9.17) is 4.74 Å². The van der Waals surface area contributed by atoms with Crippen molar-refractivity contribution >= 4 is 11.8 Å². The summed E-state index contributed by atoms with van der Waals surface area (Å²) >= 11 is 1.93. The van der Waals surface area contributed by atoms with Crippen LogP contribution in [-0.4, -0.2) is 29.9 Å². The van der Waals surface area contributed by atoms with Crippen molar-refractivity contribution in [2.75, 3.05) is 12.4 Å². The number of nitrogens with one attached hydrogen (secondary N) is 2. The van der Waals surface area contributed by atoms with Crippen molar-refractivity contribution in [3.05, 3.63) is 29.3 Å². The maximum atomic E-state index is 5.87. The number of benzene rings is 1. The van der Waals surface area contributed by atoms with E-state index in [-0.39, 0.29) is 0 Å². The first-order valence-corrected chi connectivity index (χ1v) is 9.10. The highest BCUT2D eigenvalue weighted by Gasteiger charge is 2.34. The van der Waals surface area contributed by atoms with Gasteiger partial charge in [0.05, 0.1) is 6.61 Å². The van der Waals surface area contributed by atoms with Crippen molar-refractivity contribution in [1.29, 1.82) is 0 Å². The molecule has 2 unspecified atom stereocenters. The van der Waals surface area contributed by atoms with Crippen LogP contribution in [0.15, 0.2) is 18.2 Å². The van der Waals surface area contributed by atoms with Gasteiger partial charge in [-0.3, -0.25) is 10.6 Å². The average molecular weight is 306 g/mol. The molecule has 2 N–H and O–H groups in total. The van der Waals surface area contributed by atoms with E-state index < -0.39 is 0 Å². The molecule has 0 bridgehead atoms. The molecule has 1 saturated heterocycles. The molecule has 1 aliphatic heterocycles. The summed E-state index contributed by atoms with van der Waals surface area (Å²) in [5.41, 5.74) is 2.93. The summed E-state index contributed by atoms with van der Waals surface area (Å²) in [5.74, 6) is 2.01. The van der Waals surface area contributed by atoms with Crippen LogP contribution in [0.2, 0.25) is 0 Å². The highest BCUT2D eigenvalue weighted by molar-refractivity contribution is 7.99. The van der Waals surface area contributed by atoms with Gasteiger partial charge in [0.15, 0.2) is 0 Å². The molecule has 21 heavy (non-hydrogen) atoms. The Bertz CT molecular complexity index is 446. The maximum absolute atomic E-state index is 5.87. The normalized spacial score (nSPS) is 28.4. The Morgan fingerprint density at radius 1 is 1.05 bits per heavy atom. The van der Waals surface area contributed by atoms with Crippen LogP contribution >= 0.6 is 11.8 Å². The molecule has 4 heteroatoms. The van der Waals surface area contributed by atoms with Crippen molar-refractivity contribution in [3.63, 3.8) is 0 Å². The number of hydrogen-bond donors (Lipinski definition) is 2. The molecule has 1 aromatic carbocycles. The van der Waals surface area contributed by atoms with Crippen LogP contribution in [0.3, 0.4) is 0 Å². The third-order valence-corrected chi connectivity index (χ3v) is 5.34. The topological polar surface area (TPSA) is 33.3 Å². The zero-order chi connectivity index (χ0) is 14.7. The number of fused-ring (bicyclic) bond motifs is 1. The fraction of sp³-hybridized carbons (Fsp3) is 0.647. The van der Waals surface area contributed by atoms with E-state index >= 15 is 0 Å². The zero-order valence-corrected chi connectivity index (χ0v) is 13.8. The lowest BCUT2D eigenvalue weighted by molar-refractivity contribution is 0.343. The van der Waals surface area contributed by atoms with E-state index in [1.807, 2.05) is 11.8 Å². The predicted molar refractivity (Wildman–Crippen MR) is 90.0 cm³/mol. The number of rotatable bonds is 5. The molecule has 3 nitrogen and oxygen atoms in total. The molecule has 1 saturated carbocycles. The molecular weight excluding hydrogens is 280 g/mol. The first-order valence-electron chi connectivity index (χ1n) is 8.05. The molecular formula is C17H26N2OS. The highest BCUT2D eigenvalue weighted by atomic mass is 32.2. The van der Waals surface area contributed by atoms with Gasteiger partial charge in [0.1, 0.15) is 11.2 Å². The fourth-order valence-corrected chi connectivity index (χ4v) is 4.36. The first-order chi connectivity index (χ1) is 10.2. The predicted octanol–water partition coefficient (Wildman–Crippen LogP) is 3.20. The van der Waals surface area contributed by atoms with Gasteiger partial charge >= 0.3 is 0 Å². The minimum absolute atomic E-state index is 0.404. The zero-order valence-electron chi connectivity index (χ0n) is 13.0. The number of aryl methyl sites for hydroxylation is 2. The van der Waals surface area contributed by atoms with E-state index in [1.54, 1.807) is 0 Å². The van der Waals surface area contributed by atoms with Gasteiger partial charge in [-0.25, -0.2) is 0 Å². The third kappa shape index (κ3) is 4.15. The summed E-state index contributed by atoms with van der Waals surface area (Å²) in [5, 5.41) is 7.41. The molecule has 2 aliphatic rings. The van der Waals surface area contributed by atoms with Crippen molar-refractivity contribution in [2.24, 2.45) is 0 Å². The Balaban J connectivity index is 1.38. The average Bonchev–Trinajstić information content (AvgIpc) is 2.85. The van der Waals surface area contributed by atoms with Crippen molar-refractivity contribution in [1.82, 2.24) is 10.6 Å². The standard InChI is InChI=1S/C17H26N2OS/c1-12-9-13(2)11-14(10-12)20-7-8-21-17-18-15-5-3-4-6-16(15)19-17/h9-11,15-19H,3-8H2,1-2H3. The van der Waals surface area contributed by atoms with Crippen LogP contribution in [0, 0.1) is 13.8 Å². The highest BCUT2D eigenvalue weighted by Crippen LogP contribution is 2.26. The monoisotopic (exact) mass is 306 g/mol. The SMILES string of the molecule is Cc1cc(C)cc(OCCSC2NC3CCCCC3N2)c1. The summed E-state index contributed by atoms with van der Waals surface area (Å²) in [7, 11) is 0. The van der Waals surface area contributed by atoms with Gasteiger partial charge in [-0.1, -0.05) is 18.9 Å². The summed E-state index contributed by atoms with van der Waals surface area (Å²) in [6, 6.07) is 7.78. The Morgan fingerprint density at radius 2 is 1.67 bits per heavy atom. The van der Waals surface area contributed by atoms with Crippen LogP contribution < -0.4 is 15.4 Å². The summed E-state index contributed by atoms with van der Waals surface area (Å²) in [6.07, 6.45) is 5.41. The van der Waals surface area contributed by atoms with Crippen LogP contribution in [-0.2, 0) is 0 Å². The molecule has 2 atom stereocenters. The van der Waals surface area contributed by atoms with Crippen LogP contribution in [0.1, 0.15) is 36.8 Å². The van der Waals surface area contributed by atoms with Crippen LogP contribution in [0.4, 0.5) is 0 Å². The van der Waals surface area contributed by atoms with E-state index in [9.17, 15) is 0 Å². The van der Waals surface area contributed by atoms with Gasteiger partial charge in [-0.05, 0) is 49.9 Å². The van der Waals surface area contributed by atoms with Crippen molar-refractivity contribution < 1.29 is 4.74 Å². The smallest absolute Gasteiger partial charge is 0.119 e. The molecule has 1 aliphatic carbocycles. The maximum Gasteiger partial charge on any atom is 0.119 e. The van der Waals surface area contributed by atoms with Gasteiger partial charge in [-0.2, -0.15) is 0 Å². The molecule has 0 aromatic heterocycles. The van der Waals surface area contributed by atoms with Gasteiger partial charge in [0.25, 0.3) is 0 Å². The molecule has 0 radical (unpaired) electrons. The second kappa shape index (κ2) is 7.03. The van der Waals surface area contributed by atoms with Crippen LogP contribution in [0.5, 0.6) is 5.75 Å². The van der Waals surface area contributed by atoms with E-state index in [1.165, 1.54) is 36.8 Å². The Hall–Kier alpha value is -0.710. The summed E-state index contributed by atoms with van der Waals surface area (Å²) in [4.78, 5) is 0. The lowest BCUT2D eigenvalue weighted by Crippen LogP contribution is -2.36. The molecule has 0 amide bonds. The minimum Gasteiger partial charge on any atom is -0.493 e. The second-order valence-electron chi connectivity index (χ2n) is 6.25. The molecule has 116 valence electrons. The van der Waals surface area contributed by atoms with Gasteiger partial charge in [-0.15, -0.1) is 11.8 Å². The molecule has 1 heterocycles. The molecule has 2 fully saturated rings. The summed E-state index contributed by atoms with van der Waals surface area (Å²) in [6.45, 7) is 4.99. The van der Waals surface area contributed by atoms with Crippen molar-refractivity contribution in [2.45, 2.75) is 57.1 Å². The van der Waals surface area contributed by atoms with Crippen molar-refractivity contribution in [3.8, 4) is 5.75 Å². The molecule has 3 rings (SSSR count). The second-order valence-corrected chi connectivity index (χ2v) is 7.47. The van der Waals surface area contributed by atoms with Gasteiger partial charge in [0.2, 0.25) is 0 Å². The summed E-state index contributed by atoms with van der Waals surface area (Å²) < 4.78 is 5.87. The van der Waals surface area contributed by atoms with Crippen LogP contribution in [0.25, 0.3) is 0 Å². The van der Waals surface area contributed by atoms with E-state index in [0.29, 0.717) is 17.6 Å². The Labute approximate surface area is 132 Å². The minimum atomic E-state index is 0.404. The van der Waals surface area contributed by atoms with Gasteiger partial charge < -0.3 is 4.74 Å². The molecule has 0 spiro atoms. The lowest BCUT2D eigenvalue weighted by Gasteiger charge is -2.23. The quantitative estimate of drug-likeness (QED) is 0.819. The number of ether oxygens (including phenoxy) is 1. The van der Waals surface area contributed by atoms with E-state index in [2.05, 4.69) is 42.7 Å². The lowest BCUT2D eigenvalue weighted by atomic mass is 9.92. The first kappa shape index (κ1) is 15.2. The largest absolute Gasteiger partial charge is 0.493 e. The number of hydrogen-bond acceptors (Lipinski definition) is 4. The molecule has 1 aromatic rings. The Morgan fingerprint density at radius 3 is 2.29 bits per heavy atom. The third-order valence-electron chi connectivity index (χ3n) is 4.33. The Kier molecular flexibility index (Phi) is 5.09. The van der Waals surface area contributed by atoms with E-state index in [0.717, 1.165) is 18.1 Å².